The van der Waals surface area contributed by atoms with Crippen molar-refractivity contribution in [2.45, 2.75) is 0 Å². The van der Waals surface area contributed by atoms with E-state index in [4.69, 9.17) is 21.1 Å². The molecule has 0 saturated carbocycles. The van der Waals surface area contributed by atoms with Crippen LogP contribution >= 0.6 is 22.9 Å². The van der Waals surface area contributed by atoms with Crippen molar-refractivity contribution in [3.8, 4) is 5.75 Å². The number of amides is 1. The van der Waals surface area contributed by atoms with Gasteiger partial charge in [0.05, 0.1) is 12.8 Å². The fourth-order valence-electron chi connectivity index (χ4n) is 1.71. The van der Waals surface area contributed by atoms with E-state index in [0.29, 0.717) is 16.5 Å². The van der Waals surface area contributed by atoms with Crippen LogP contribution in [0.4, 0.5) is 5.69 Å². The van der Waals surface area contributed by atoms with Crippen LogP contribution in [0.2, 0.25) is 5.02 Å². The topological polar surface area (TPSA) is 90.9 Å². The minimum absolute atomic E-state index is 0.258. The van der Waals surface area contributed by atoms with Crippen LogP contribution in [0, 0.1) is 0 Å². The van der Waals surface area contributed by atoms with E-state index in [-0.39, 0.29) is 11.5 Å². The van der Waals surface area contributed by atoms with Crippen molar-refractivity contribution >= 4 is 46.5 Å². The average Bonchev–Trinajstić information content (AvgIpc) is 3.06. The van der Waals surface area contributed by atoms with Gasteiger partial charge in [-0.3, -0.25) is 4.79 Å². The lowest BCUT2D eigenvalue weighted by Gasteiger charge is -2.08. The number of ether oxygens (including phenoxy) is 3. The highest BCUT2D eigenvalue weighted by Crippen LogP contribution is 2.23. The molecule has 1 aromatic heterocycles. The normalized spacial score (nSPS) is 10.0. The number of nitrogens with one attached hydrogen (secondary N) is 1. The average molecular weight is 384 g/mol. The molecule has 2 rings (SSSR count). The fraction of sp³-hybridized carbons (Fsp3) is 0.188. The number of methoxy groups -OCH3 is 1. The van der Waals surface area contributed by atoms with Gasteiger partial charge >= 0.3 is 11.9 Å². The van der Waals surface area contributed by atoms with E-state index in [1.54, 1.807) is 35.7 Å². The van der Waals surface area contributed by atoms with Crippen molar-refractivity contribution in [3.63, 3.8) is 0 Å². The molecule has 0 radical (unpaired) electrons. The second kappa shape index (κ2) is 9.05. The van der Waals surface area contributed by atoms with E-state index >= 15 is 0 Å². The molecule has 0 atom stereocenters. The lowest BCUT2D eigenvalue weighted by molar-refractivity contribution is -0.149. The van der Waals surface area contributed by atoms with Crippen LogP contribution in [0.3, 0.4) is 0 Å². The Morgan fingerprint density at radius 1 is 1.12 bits per heavy atom. The molecular weight excluding hydrogens is 370 g/mol. The Labute approximate surface area is 152 Å². The maximum Gasteiger partial charge on any atom is 0.350 e. The van der Waals surface area contributed by atoms with Crippen LogP contribution in [0.25, 0.3) is 0 Å². The fourth-order valence-corrected chi connectivity index (χ4v) is 2.60. The van der Waals surface area contributed by atoms with Gasteiger partial charge in [0.2, 0.25) is 0 Å². The van der Waals surface area contributed by atoms with E-state index in [9.17, 15) is 14.4 Å². The SMILES string of the molecule is COC(=O)c1sccc1NC(=O)COC(=O)COc1ccc(Cl)cc1. The van der Waals surface area contributed by atoms with E-state index in [0.717, 1.165) is 11.3 Å². The van der Waals surface area contributed by atoms with E-state index in [1.807, 2.05) is 0 Å². The van der Waals surface area contributed by atoms with Gasteiger partial charge in [-0.25, -0.2) is 9.59 Å². The van der Waals surface area contributed by atoms with Gasteiger partial charge in [0, 0.05) is 5.02 Å². The molecule has 2 aromatic rings. The highest BCUT2D eigenvalue weighted by Gasteiger charge is 2.16. The number of hydrogen-bond donors (Lipinski definition) is 1. The summed E-state index contributed by atoms with van der Waals surface area (Å²) in [4.78, 5) is 35.2. The molecule has 132 valence electrons. The van der Waals surface area contributed by atoms with Crippen molar-refractivity contribution in [3.05, 3.63) is 45.6 Å². The molecule has 0 aliphatic carbocycles. The van der Waals surface area contributed by atoms with Gasteiger partial charge in [0.25, 0.3) is 5.91 Å². The van der Waals surface area contributed by atoms with Crippen molar-refractivity contribution < 1.29 is 28.6 Å². The summed E-state index contributed by atoms with van der Waals surface area (Å²) in [6.45, 7) is -0.847. The van der Waals surface area contributed by atoms with Gasteiger partial charge in [-0.05, 0) is 35.7 Å². The lowest BCUT2D eigenvalue weighted by Crippen LogP contribution is -2.24. The molecule has 1 amide bonds. The summed E-state index contributed by atoms with van der Waals surface area (Å²) < 4.78 is 14.6. The molecule has 0 bridgehead atoms. The predicted molar refractivity (Wildman–Crippen MR) is 92.2 cm³/mol. The Morgan fingerprint density at radius 2 is 1.84 bits per heavy atom. The van der Waals surface area contributed by atoms with E-state index < -0.39 is 24.5 Å². The first-order valence-corrected chi connectivity index (χ1v) is 8.25. The number of halogens is 1. The number of carbonyl (C=O) groups excluding carboxylic acids is 3. The van der Waals surface area contributed by atoms with Crippen LogP contribution in [0.5, 0.6) is 5.75 Å². The summed E-state index contributed by atoms with van der Waals surface area (Å²) in [6.07, 6.45) is 0. The number of hydrogen-bond acceptors (Lipinski definition) is 7. The Morgan fingerprint density at radius 3 is 2.52 bits per heavy atom. The minimum atomic E-state index is -0.705. The van der Waals surface area contributed by atoms with Crippen molar-refractivity contribution in [2.24, 2.45) is 0 Å². The molecule has 1 N–H and O–H groups in total. The predicted octanol–water partition coefficient (Wildman–Crippen LogP) is 2.75. The highest BCUT2D eigenvalue weighted by molar-refractivity contribution is 7.12. The van der Waals surface area contributed by atoms with E-state index in [1.165, 1.54) is 7.11 Å². The number of benzene rings is 1. The van der Waals surface area contributed by atoms with E-state index in [2.05, 4.69) is 10.1 Å². The summed E-state index contributed by atoms with van der Waals surface area (Å²) >= 11 is 6.87. The zero-order valence-electron chi connectivity index (χ0n) is 13.1. The summed E-state index contributed by atoms with van der Waals surface area (Å²) in [7, 11) is 1.25. The third kappa shape index (κ3) is 5.77. The standard InChI is InChI=1S/C16H14ClNO6S/c1-22-16(21)15-12(6-7-25-15)18-13(19)8-24-14(20)9-23-11-4-2-10(17)3-5-11/h2-7H,8-9H2,1H3,(H,18,19). The molecular formula is C16H14ClNO6S. The van der Waals surface area contributed by atoms with Crippen LogP contribution in [0.15, 0.2) is 35.7 Å². The van der Waals surface area contributed by atoms with Crippen LogP contribution in [-0.4, -0.2) is 38.2 Å². The minimum Gasteiger partial charge on any atom is -0.482 e. The Kier molecular flexibility index (Phi) is 6.79. The molecule has 0 aliphatic rings. The molecule has 0 spiro atoms. The first kappa shape index (κ1) is 18.8. The zero-order valence-corrected chi connectivity index (χ0v) is 14.7. The van der Waals surface area contributed by atoms with Crippen LogP contribution in [-0.2, 0) is 19.1 Å². The molecule has 0 aliphatic heterocycles. The quantitative estimate of drug-likeness (QED) is 0.739. The maximum absolute atomic E-state index is 11.8. The number of anilines is 1. The van der Waals surface area contributed by atoms with Gasteiger partial charge in [-0.15, -0.1) is 11.3 Å². The van der Waals surface area contributed by atoms with Gasteiger partial charge in [-0.1, -0.05) is 11.6 Å². The molecule has 7 nitrogen and oxygen atoms in total. The molecule has 25 heavy (non-hydrogen) atoms. The first-order valence-electron chi connectivity index (χ1n) is 6.99. The van der Waals surface area contributed by atoms with Gasteiger partial charge in [-0.2, -0.15) is 0 Å². The maximum atomic E-state index is 11.8. The van der Waals surface area contributed by atoms with Crippen LogP contribution < -0.4 is 10.1 Å². The highest BCUT2D eigenvalue weighted by atomic mass is 35.5. The van der Waals surface area contributed by atoms with Crippen molar-refractivity contribution in [1.82, 2.24) is 0 Å². The largest absolute Gasteiger partial charge is 0.482 e. The number of esters is 2. The second-order valence-corrected chi connectivity index (χ2v) is 5.96. The number of rotatable bonds is 7. The summed E-state index contributed by atoms with van der Waals surface area (Å²) in [5, 5.41) is 4.66. The summed E-state index contributed by atoms with van der Waals surface area (Å²) in [5.41, 5.74) is 0.301. The van der Waals surface area contributed by atoms with Gasteiger partial charge in [0.15, 0.2) is 13.2 Å². The monoisotopic (exact) mass is 383 g/mol. The van der Waals surface area contributed by atoms with Crippen molar-refractivity contribution in [1.29, 1.82) is 0 Å². The second-order valence-electron chi connectivity index (χ2n) is 4.61. The molecule has 0 unspecified atom stereocenters. The zero-order chi connectivity index (χ0) is 18.2. The summed E-state index contributed by atoms with van der Waals surface area (Å²) in [6, 6.07) is 8.01. The summed E-state index contributed by atoms with van der Waals surface area (Å²) in [5.74, 6) is -1.39. The molecule has 0 fully saturated rings. The van der Waals surface area contributed by atoms with Crippen molar-refractivity contribution in [2.75, 3.05) is 25.6 Å². The smallest absolute Gasteiger partial charge is 0.350 e. The first-order chi connectivity index (χ1) is 12.0. The molecule has 0 saturated heterocycles. The molecule has 1 aromatic carbocycles. The Bertz CT molecular complexity index is 758. The molecule has 1 heterocycles. The van der Waals surface area contributed by atoms with Gasteiger partial charge < -0.3 is 19.5 Å². The molecule has 9 heteroatoms. The third-order valence-electron chi connectivity index (χ3n) is 2.84. The number of thiophene rings is 1. The Hall–Kier alpha value is -2.58. The Balaban J connectivity index is 1.76. The lowest BCUT2D eigenvalue weighted by atomic mass is 10.3. The van der Waals surface area contributed by atoms with Crippen LogP contribution in [0.1, 0.15) is 9.67 Å². The third-order valence-corrected chi connectivity index (χ3v) is 3.99. The number of carbonyl (C=O) groups is 3. The van der Waals surface area contributed by atoms with Gasteiger partial charge in [0.1, 0.15) is 10.6 Å².